The van der Waals surface area contributed by atoms with Gasteiger partial charge in [-0.3, -0.25) is 4.79 Å². The first kappa shape index (κ1) is 12.7. The smallest absolute Gasteiger partial charge is 0.307 e. The lowest BCUT2D eigenvalue weighted by Gasteiger charge is -2.10. The fourth-order valence-electron chi connectivity index (χ4n) is 1.84. The number of hydrogen-bond acceptors (Lipinski definition) is 2. The molecule has 0 aliphatic heterocycles. The normalized spacial score (nSPS) is 12.4. The quantitative estimate of drug-likeness (QED) is 0.796. The predicted octanol–water partition coefficient (Wildman–Crippen LogP) is 1.77. The monoisotopic (exact) mass is 221 g/mol. The van der Waals surface area contributed by atoms with Crippen LogP contribution in [0.15, 0.2) is 18.2 Å². The van der Waals surface area contributed by atoms with Crippen LogP contribution < -0.4 is 5.73 Å². The zero-order valence-corrected chi connectivity index (χ0v) is 9.86. The molecule has 16 heavy (non-hydrogen) atoms. The number of aryl methyl sites for hydroxylation is 1. The summed E-state index contributed by atoms with van der Waals surface area (Å²) in [6.07, 6.45) is 1.79. The molecule has 0 unspecified atom stereocenters. The molecule has 0 saturated carbocycles. The third-order valence-electron chi connectivity index (χ3n) is 2.55. The number of carbonyl (C=O) groups is 1. The van der Waals surface area contributed by atoms with Crippen LogP contribution in [-0.2, 0) is 24.1 Å². The lowest BCUT2D eigenvalue weighted by Crippen LogP contribution is -2.18. The van der Waals surface area contributed by atoms with E-state index in [1.807, 2.05) is 26.0 Å². The topological polar surface area (TPSA) is 63.3 Å². The Balaban J connectivity index is 2.92. The molecule has 3 heteroatoms. The third-order valence-corrected chi connectivity index (χ3v) is 2.55. The molecule has 0 aliphatic rings. The van der Waals surface area contributed by atoms with Crippen LogP contribution in [0, 0.1) is 0 Å². The fourth-order valence-corrected chi connectivity index (χ4v) is 1.84. The summed E-state index contributed by atoms with van der Waals surface area (Å²) < 4.78 is 0. The number of nitrogens with two attached hydrogens (primary N) is 1. The molecule has 1 rings (SSSR count). The molecule has 1 aromatic carbocycles. The largest absolute Gasteiger partial charge is 0.481 e. The van der Waals surface area contributed by atoms with Crippen LogP contribution in [0.1, 0.15) is 30.5 Å². The molecule has 3 N–H and O–H groups in total. The fraction of sp³-hybridized carbons (Fsp3) is 0.462. The number of hydrogen-bond donors (Lipinski definition) is 2. The second kappa shape index (κ2) is 5.66. The van der Waals surface area contributed by atoms with E-state index in [0.29, 0.717) is 0 Å². The number of benzene rings is 1. The van der Waals surface area contributed by atoms with Crippen molar-refractivity contribution in [2.24, 2.45) is 5.73 Å². The molecule has 0 saturated heterocycles. The van der Waals surface area contributed by atoms with Crippen molar-refractivity contribution in [3.63, 3.8) is 0 Å². The lowest BCUT2D eigenvalue weighted by molar-refractivity contribution is -0.136. The molecule has 88 valence electrons. The average Bonchev–Trinajstić information content (AvgIpc) is 2.18. The van der Waals surface area contributed by atoms with E-state index in [1.54, 1.807) is 0 Å². The Bertz CT molecular complexity index is 372. The third kappa shape index (κ3) is 3.66. The summed E-state index contributed by atoms with van der Waals surface area (Å²) in [5.41, 5.74) is 8.94. The van der Waals surface area contributed by atoms with Crippen molar-refractivity contribution >= 4 is 5.97 Å². The van der Waals surface area contributed by atoms with E-state index in [0.717, 1.165) is 24.0 Å². The van der Waals surface area contributed by atoms with Gasteiger partial charge in [-0.05, 0) is 36.5 Å². The minimum atomic E-state index is -0.783. The number of aliphatic carboxylic acids is 1. The maximum absolute atomic E-state index is 10.7. The molecule has 0 aliphatic carbocycles. The molecule has 0 aromatic heterocycles. The van der Waals surface area contributed by atoms with Crippen molar-refractivity contribution in [1.29, 1.82) is 0 Å². The van der Waals surface area contributed by atoms with Crippen molar-refractivity contribution in [2.75, 3.05) is 0 Å². The molecule has 1 atom stereocenters. The molecular weight excluding hydrogens is 202 g/mol. The number of rotatable bonds is 5. The van der Waals surface area contributed by atoms with Crippen LogP contribution in [0.5, 0.6) is 0 Å². The van der Waals surface area contributed by atoms with E-state index in [1.165, 1.54) is 5.56 Å². The van der Waals surface area contributed by atoms with Crippen LogP contribution in [0.2, 0.25) is 0 Å². The maximum atomic E-state index is 10.7. The van der Waals surface area contributed by atoms with Crippen LogP contribution in [0.3, 0.4) is 0 Å². The van der Waals surface area contributed by atoms with Crippen LogP contribution in [0.25, 0.3) is 0 Å². The number of carboxylic acid groups (broad SMARTS) is 1. The minimum absolute atomic E-state index is 0.0988. The highest BCUT2D eigenvalue weighted by Gasteiger charge is 2.07. The molecule has 0 heterocycles. The van der Waals surface area contributed by atoms with Gasteiger partial charge in [0, 0.05) is 6.04 Å². The van der Waals surface area contributed by atoms with E-state index in [2.05, 4.69) is 6.07 Å². The Labute approximate surface area is 96.3 Å². The summed E-state index contributed by atoms with van der Waals surface area (Å²) in [5.74, 6) is -0.783. The van der Waals surface area contributed by atoms with Crippen molar-refractivity contribution in [3.8, 4) is 0 Å². The van der Waals surface area contributed by atoms with Crippen molar-refractivity contribution < 1.29 is 9.90 Å². The molecule has 0 bridgehead atoms. The van der Waals surface area contributed by atoms with Crippen LogP contribution in [-0.4, -0.2) is 17.1 Å². The van der Waals surface area contributed by atoms with Gasteiger partial charge in [-0.2, -0.15) is 0 Å². The van der Waals surface area contributed by atoms with E-state index in [9.17, 15) is 4.79 Å². The maximum Gasteiger partial charge on any atom is 0.307 e. The van der Waals surface area contributed by atoms with E-state index in [-0.39, 0.29) is 12.5 Å². The SMILES string of the molecule is CCc1cc(C[C@@H](C)N)ccc1CC(=O)O. The van der Waals surface area contributed by atoms with E-state index >= 15 is 0 Å². The molecule has 1 aromatic rings. The van der Waals surface area contributed by atoms with Gasteiger partial charge in [0.25, 0.3) is 0 Å². The number of carboxylic acids is 1. The summed E-state index contributed by atoms with van der Waals surface area (Å²) in [6.45, 7) is 4.01. The molecular formula is C13H19NO2. The van der Waals surface area contributed by atoms with Gasteiger partial charge in [0.15, 0.2) is 0 Å². The summed E-state index contributed by atoms with van der Waals surface area (Å²) in [5, 5.41) is 8.78. The summed E-state index contributed by atoms with van der Waals surface area (Å²) in [7, 11) is 0. The van der Waals surface area contributed by atoms with Gasteiger partial charge in [0.2, 0.25) is 0 Å². The highest BCUT2D eigenvalue weighted by atomic mass is 16.4. The first-order valence-electron chi connectivity index (χ1n) is 5.61. The summed E-state index contributed by atoms with van der Waals surface area (Å²) in [4.78, 5) is 10.7. The Hall–Kier alpha value is -1.35. The summed E-state index contributed by atoms with van der Waals surface area (Å²) >= 11 is 0. The van der Waals surface area contributed by atoms with Gasteiger partial charge < -0.3 is 10.8 Å². The second-order valence-electron chi connectivity index (χ2n) is 4.21. The minimum Gasteiger partial charge on any atom is -0.481 e. The van der Waals surface area contributed by atoms with Crippen LogP contribution in [0.4, 0.5) is 0 Å². The van der Waals surface area contributed by atoms with Crippen molar-refractivity contribution in [1.82, 2.24) is 0 Å². The molecule has 0 fully saturated rings. The Morgan fingerprint density at radius 3 is 2.62 bits per heavy atom. The van der Waals surface area contributed by atoms with Gasteiger partial charge in [0.1, 0.15) is 0 Å². The predicted molar refractivity (Wildman–Crippen MR) is 64.5 cm³/mol. The first-order chi connectivity index (χ1) is 7.52. The lowest BCUT2D eigenvalue weighted by atomic mass is 9.97. The average molecular weight is 221 g/mol. The van der Waals surface area contributed by atoms with E-state index < -0.39 is 5.97 Å². The molecule has 0 spiro atoms. The second-order valence-corrected chi connectivity index (χ2v) is 4.21. The molecule has 3 nitrogen and oxygen atoms in total. The standard InChI is InChI=1S/C13H19NO2/c1-3-11-7-10(6-9(2)14)4-5-12(11)8-13(15)16/h4-5,7,9H,3,6,8,14H2,1-2H3,(H,15,16)/t9-/m1/s1. The van der Waals surface area contributed by atoms with E-state index in [4.69, 9.17) is 10.8 Å². The van der Waals surface area contributed by atoms with Gasteiger partial charge >= 0.3 is 5.97 Å². The molecule has 0 amide bonds. The molecule has 0 radical (unpaired) electrons. The first-order valence-corrected chi connectivity index (χ1v) is 5.61. The van der Waals surface area contributed by atoms with Gasteiger partial charge in [-0.1, -0.05) is 25.1 Å². The highest BCUT2D eigenvalue weighted by molar-refractivity contribution is 5.70. The Kier molecular flexibility index (Phi) is 4.50. The summed E-state index contributed by atoms with van der Waals surface area (Å²) in [6, 6.07) is 6.09. The Morgan fingerprint density at radius 2 is 2.12 bits per heavy atom. The Morgan fingerprint density at radius 1 is 1.44 bits per heavy atom. The zero-order chi connectivity index (χ0) is 12.1. The van der Waals surface area contributed by atoms with Crippen LogP contribution >= 0.6 is 0 Å². The highest BCUT2D eigenvalue weighted by Crippen LogP contribution is 2.15. The van der Waals surface area contributed by atoms with Gasteiger partial charge in [0.05, 0.1) is 6.42 Å². The van der Waals surface area contributed by atoms with Crippen molar-refractivity contribution in [3.05, 3.63) is 34.9 Å². The van der Waals surface area contributed by atoms with Gasteiger partial charge in [-0.15, -0.1) is 0 Å². The van der Waals surface area contributed by atoms with Gasteiger partial charge in [-0.25, -0.2) is 0 Å². The zero-order valence-electron chi connectivity index (χ0n) is 9.86. The van der Waals surface area contributed by atoms with Crippen molar-refractivity contribution in [2.45, 2.75) is 39.2 Å².